The van der Waals surface area contributed by atoms with Crippen molar-refractivity contribution in [2.24, 2.45) is 15.3 Å². The molecule has 0 unspecified atom stereocenters. The third-order valence-electron chi connectivity index (χ3n) is 3.85. The van der Waals surface area contributed by atoms with Gasteiger partial charge in [0.05, 0.1) is 27.3 Å². The van der Waals surface area contributed by atoms with Crippen molar-refractivity contribution < 1.29 is 9.85 Å². The SMILES string of the molecule is O=[N+]([O-])c1ccc(C(N=Nc2ccc(Br)cc2)=NNc2ccc(Br)cc2)c([N+](=O)[O-])c1. The zero-order chi connectivity index (χ0) is 22.4. The number of halogens is 2. The zero-order valence-corrected chi connectivity index (χ0v) is 18.6. The lowest BCUT2D eigenvalue weighted by atomic mass is 10.1. The lowest BCUT2D eigenvalue weighted by Gasteiger charge is -2.05. The molecule has 0 saturated carbocycles. The number of azo groups is 1. The standard InChI is InChI=1S/C19H12Br2N6O4/c20-12-1-5-14(6-2-12)22-24-19(25-23-15-7-3-13(21)4-8-15)17-10-9-16(26(28)29)11-18(17)27(30)31/h1-11,22H. The molecule has 1 N–H and O–H groups in total. The molecule has 0 aliphatic carbocycles. The van der Waals surface area contributed by atoms with Crippen molar-refractivity contribution >= 4 is 60.4 Å². The van der Waals surface area contributed by atoms with Crippen LogP contribution in [-0.4, -0.2) is 15.7 Å². The van der Waals surface area contributed by atoms with Crippen molar-refractivity contribution in [3.63, 3.8) is 0 Å². The van der Waals surface area contributed by atoms with Crippen molar-refractivity contribution in [2.45, 2.75) is 0 Å². The topological polar surface area (TPSA) is 135 Å². The average molecular weight is 548 g/mol. The third-order valence-corrected chi connectivity index (χ3v) is 4.91. The minimum Gasteiger partial charge on any atom is -0.276 e. The largest absolute Gasteiger partial charge is 0.287 e. The summed E-state index contributed by atoms with van der Waals surface area (Å²) in [6.45, 7) is 0. The van der Waals surface area contributed by atoms with Gasteiger partial charge in [-0.05, 0) is 54.6 Å². The molecule has 10 nitrogen and oxygen atoms in total. The highest BCUT2D eigenvalue weighted by molar-refractivity contribution is 9.10. The molecule has 0 heterocycles. The Bertz CT molecular complexity index is 1180. The van der Waals surface area contributed by atoms with E-state index in [4.69, 9.17) is 0 Å². The summed E-state index contributed by atoms with van der Waals surface area (Å²) in [7, 11) is 0. The number of hydrogen-bond acceptors (Lipinski definition) is 7. The molecule has 0 saturated heterocycles. The lowest BCUT2D eigenvalue weighted by molar-refractivity contribution is -0.394. The third kappa shape index (κ3) is 5.99. The summed E-state index contributed by atoms with van der Waals surface area (Å²) in [5.74, 6) is -0.118. The number of nitro groups is 2. The van der Waals surface area contributed by atoms with E-state index in [-0.39, 0.29) is 11.4 Å². The van der Waals surface area contributed by atoms with Crippen LogP contribution in [0.3, 0.4) is 0 Å². The fourth-order valence-electron chi connectivity index (χ4n) is 2.36. The predicted molar refractivity (Wildman–Crippen MR) is 123 cm³/mol. The molecule has 0 atom stereocenters. The Hall–Kier alpha value is -3.51. The number of anilines is 1. The Labute approximate surface area is 192 Å². The van der Waals surface area contributed by atoms with Crippen LogP contribution in [0.2, 0.25) is 0 Å². The van der Waals surface area contributed by atoms with E-state index in [0.29, 0.717) is 11.4 Å². The number of amidine groups is 1. The summed E-state index contributed by atoms with van der Waals surface area (Å²) >= 11 is 6.65. The number of nitrogens with one attached hydrogen (secondary N) is 1. The van der Waals surface area contributed by atoms with E-state index in [1.807, 2.05) is 0 Å². The average Bonchev–Trinajstić information content (AvgIpc) is 2.75. The van der Waals surface area contributed by atoms with Gasteiger partial charge in [-0.25, -0.2) is 0 Å². The van der Waals surface area contributed by atoms with E-state index in [2.05, 4.69) is 52.6 Å². The van der Waals surface area contributed by atoms with Crippen molar-refractivity contribution in [3.8, 4) is 0 Å². The van der Waals surface area contributed by atoms with Gasteiger partial charge in [-0.15, -0.1) is 10.2 Å². The van der Waals surface area contributed by atoms with Gasteiger partial charge in [-0.3, -0.25) is 25.7 Å². The van der Waals surface area contributed by atoms with Gasteiger partial charge in [0.15, 0.2) is 0 Å². The molecular formula is C19H12Br2N6O4. The maximum Gasteiger partial charge on any atom is 0.287 e. The minimum atomic E-state index is -0.730. The van der Waals surface area contributed by atoms with Gasteiger partial charge in [0.2, 0.25) is 5.84 Å². The molecule has 156 valence electrons. The summed E-state index contributed by atoms with van der Waals surface area (Å²) in [5, 5.41) is 34.9. The number of non-ortho nitro benzene ring substituents is 1. The Morgan fingerprint density at radius 1 is 0.839 bits per heavy atom. The molecule has 0 fully saturated rings. The van der Waals surface area contributed by atoms with Gasteiger partial charge in [0.1, 0.15) is 5.56 Å². The second kappa shape index (κ2) is 10.00. The summed E-state index contributed by atoms with van der Waals surface area (Å²) < 4.78 is 1.71. The van der Waals surface area contributed by atoms with Gasteiger partial charge >= 0.3 is 0 Å². The fourth-order valence-corrected chi connectivity index (χ4v) is 2.89. The van der Waals surface area contributed by atoms with Crippen LogP contribution in [0.15, 0.2) is 91.0 Å². The molecule has 0 aliphatic heterocycles. The lowest BCUT2D eigenvalue weighted by Crippen LogP contribution is -2.06. The zero-order valence-electron chi connectivity index (χ0n) is 15.5. The number of hydrazone groups is 1. The fraction of sp³-hybridized carbons (Fsp3) is 0. The van der Waals surface area contributed by atoms with Crippen molar-refractivity contribution in [3.05, 3.63) is 101 Å². The second-order valence-corrected chi connectivity index (χ2v) is 7.78. The number of rotatable bonds is 6. The molecule has 0 amide bonds. The van der Waals surface area contributed by atoms with Crippen LogP contribution in [0.5, 0.6) is 0 Å². The van der Waals surface area contributed by atoms with Crippen molar-refractivity contribution in [1.29, 1.82) is 0 Å². The Kier molecular flexibility index (Phi) is 7.15. The molecule has 3 rings (SSSR count). The number of nitro benzene ring substituents is 2. The van der Waals surface area contributed by atoms with E-state index < -0.39 is 21.2 Å². The monoisotopic (exact) mass is 546 g/mol. The summed E-state index contributed by atoms with van der Waals surface area (Å²) in [6, 6.07) is 17.2. The molecule has 0 aliphatic rings. The molecule has 12 heteroatoms. The van der Waals surface area contributed by atoms with Gasteiger partial charge in [-0.2, -0.15) is 5.10 Å². The summed E-state index contributed by atoms with van der Waals surface area (Å²) in [6.07, 6.45) is 0. The van der Waals surface area contributed by atoms with Gasteiger partial charge < -0.3 is 0 Å². The molecule has 0 radical (unpaired) electrons. The van der Waals surface area contributed by atoms with Gasteiger partial charge in [-0.1, -0.05) is 31.9 Å². The smallest absolute Gasteiger partial charge is 0.276 e. The Balaban J connectivity index is 2.05. The molecule has 31 heavy (non-hydrogen) atoms. The molecule has 0 aromatic heterocycles. The van der Waals surface area contributed by atoms with Crippen LogP contribution in [0, 0.1) is 20.2 Å². The first-order valence-corrected chi connectivity index (χ1v) is 10.1. The van der Waals surface area contributed by atoms with Gasteiger partial charge in [0.25, 0.3) is 11.4 Å². The number of benzene rings is 3. The maximum absolute atomic E-state index is 11.5. The highest BCUT2D eigenvalue weighted by atomic mass is 79.9. The van der Waals surface area contributed by atoms with Crippen LogP contribution in [0.25, 0.3) is 0 Å². The molecule has 3 aromatic rings. The van der Waals surface area contributed by atoms with E-state index in [1.165, 1.54) is 6.07 Å². The van der Waals surface area contributed by atoms with E-state index in [1.54, 1.807) is 48.5 Å². The van der Waals surface area contributed by atoms with E-state index in [9.17, 15) is 20.2 Å². The van der Waals surface area contributed by atoms with Crippen molar-refractivity contribution in [2.75, 3.05) is 5.43 Å². The van der Waals surface area contributed by atoms with E-state index in [0.717, 1.165) is 21.1 Å². The quantitative estimate of drug-likeness (QED) is 0.122. The second-order valence-electron chi connectivity index (χ2n) is 5.95. The van der Waals surface area contributed by atoms with E-state index >= 15 is 0 Å². The molecule has 0 bridgehead atoms. The Morgan fingerprint density at radius 3 is 2.03 bits per heavy atom. The summed E-state index contributed by atoms with van der Waals surface area (Å²) in [5.41, 5.74) is 2.90. The minimum absolute atomic E-state index is 0.0268. The highest BCUT2D eigenvalue weighted by Gasteiger charge is 2.23. The maximum atomic E-state index is 11.5. The van der Waals surface area contributed by atoms with Gasteiger partial charge in [0, 0.05) is 15.0 Å². The first kappa shape index (κ1) is 22.2. The van der Waals surface area contributed by atoms with Crippen LogP contribution in [0.1, 0.15) is 5.56 Å². The summed E-state index contributed by atoms with van der Waals surface area (Å²) in [4.78, 5) is 21.1. The van der Waals surface area contributed by atoms with Crippen LogP contribution < -0.4 is 5.43 Å². The van der Waals surface area contributed by atoms with Crippen LogP contribution in [0.4, 0.5) is 22.7 Å². The first-order chi connectivity index (χ1) is 14.8. The van der Waals surface area contributed by atoms with Crippen molar-refractivity contribution in [1.82, 2.24) is 0 Å². The number of nitrogens with zero attached hydrogens (tertiary/aromatic N) is 5. The predicted octanol–water partition coefficient (Wildman–Crippen LogP) is 6.59. The normalized spacial score (nSPS) is 11.5. The highest BCUT2D eigenvalue weighted by Crippen LogP contribution is 2.27. The van der Waals surface area contributed by atoms with Crippen LogP contribution in [-0.2, 0) is 0 Å². The number of hydrogen-bond donors (Lipinski definition) is 1. The first-order valence-electron chi connectivity index (χ1n) is 8.53. The van der Waals surface area contributed by atoms with Crippen LogP contribution >= 0.6 is 31.9 Å². The Morgan fingerprint density at radius 2 is 1.45 bits per heavy atom. The molecule has 3 aromatic carbocycles. The molecule has 0 spiro atoms. The molecular weight excluding hydrogens is 536 g/mol.